The van der Waals surface area contributed by atoms with Crippen molar-refractivity contribution in [1.29, 1.82) is 0 Å². The number of hydrogen-bond acceptors (Lipinski definition) is 6. The van der Waals surface area contributed by atoms with Gasteiger partial charge in [-0.05, 0) is 57.4 Å². The normalized spacial score (nSPS) is 20.8. The van der Waals surface area contributed by atoms with E-state index in [0.29, 0.717) is 69.6 Å². The molecule has 3 saturated heterocycles. The average Bonchev–Trinajstić information content (AvgIpc) is 3.35. The van der Waals surface area contributed by atoms with Gasteiger partial charge >= 0.3 is 5.97 Å². The van der Waals surface area contributed by atoms with E-state index in [2.05, 4.69) is 0 Å². The summed E-state index contributed by atoms with van der Waals surface area (Å²) in [5.41, 5.74) is 2.14. The fourth-order valence-electron chi connectivity index (χ4n) is 6.24. The van der Waals surface area contributed by atoms with E-state index >= 15 is 0 Å². The summed E-state index contributed by atoms with van der Waals surface area (Å²) >= 11 is 0. The minimum Gasteiger partial charge on any atom is -0.466 e. The summed E-state index contributed by atoms with van der Waals surface area (Å²) in [6.07, 6.45) is 1.89. The van der Waals surface area contributed by atoms with E-state index in [9.17, 15) is 19.2 Å². The van der Waals surface area contributed by atoms with Crippen LogP contribution in [0.4, 0.5) is 0 Å². The number of esters is 1. The van der Waals surface area contributed by atoms with Crippen molar-refractivity contribution in [3.8, 4) is 0 Å². The van der Waals surface area contributed by atoms with Crippen LogP contribution in [0.1, 0.15) is 64.4 Å². The van der Waals surface area contributed by atoms with Gasteiger partial charge in [0.15, 0.2) is 0 Å². The third kappa shape index (κ3) is 5.73. The van der Waals surface area contributed by atoms with Crippen molar-refractivity contribution in [2.45, 2.75) is 58.2 Å². The Hall–Kier alpha value is -3.72. The molecular weight excluding hydrogens is 522 g/mol. The number of carbonyl (C=O) groups is 4. The molecule has 2 aromatic rings. The van der Waals surface area contributed by atoms with E-state index < -0.39 is 11.8 Å². The Morgan fingerprint density at radius 2 is 1.54 bits per heavy atom. The molecule has 1 spiro atoms. The molecule has 5 rings (SSSR count). The van der Waals surface area contributed by atoms with Gasteiger partial charge in [0.1, 0.15) is 11.8 Å². The van der Waals surface area contributed by atoms with Gasteiger partial charge in [-0.3, -0.25) is 24.1 Å². The van der Waals surface area contributed by atoms with Gasteiger partial charge in [0.05, 0.1) is 19.1 Å². The van der Waals surface area contributed by atoms with Crippen LogP contribution in [0.2, 0.25) is 0 Å². The smallest absolute Gasteiger partial charge is 0.309 e. The highest BCUT2D eigenvalue weighted by Gasteiger charge is 2.55. The Kier molecular flexibility index (Phi) is 8.45. The monoisotopic (exact) mass is 561 g/mol. The molecule has 3 aliphatic heterocycles. The van der Waals surface area contributed by atoms with Crippen molar-refractivity contribution in [3.05, 3.63) is 70.8 Å². The van der Waals surface area contributed by atoms with Gasteiger partial charge in [0.2, 0.25) is 5.91 Å². The molecule has 1 atom stereocenters. The number of piperidine rings is 2. The second-order valence-electron chi connectivity index (χ2n) is 11.3. The largest absolute Gasteiger partial charge is 0.466 e. The molecule has 0 aliphatic carbocycles. The Morgan fingerprint density at radius 3 is 2.17 bits per heavy atom. The van der Waals surface area contributed by atoms with Crippen LogP contribution in [0.5, 0.6) is 0 Å². The number of aryl methyl sites for hydroxylation is 2. The maximum Gasteiger partial charge on any atom is 0.309 e. The molecule has 9 nitrogen and oxygen atoms in total. The summed E-state index contributed by atoms with van der Waals surface area (Å²) in [7, 11) is 0. The summed E-state index contributed by atoms with van der Waals surface area (Å²) in [6, 6.07) is 14.1. The summed E-state index contributed by atoms with van der Waals surface area (Å²) in [5, 5.41) is 0. The molecule has 3 amide bonds. The highest BCUT2D eigenvalue weighted by Crippen LogP contribution is 2.39. The number of hydrogen-bond donors (Lipinski definition) is 0. The first-order chi connectivity index (χ1) is 19.7. The van der Waals surface area contributed by atoms with Crippen LogP contribution in [0, 0.1) is 19.8 Å². The molecular formula is C32H39N3O6. The van der Waals surface area contributed by atoms with Crippen molar-refractivity contribution >= 4 is 23.7 Å². The molecule has 3 fully saturated rings. The van der Waals surface area contributed by atoms with Gasteiger partial charge in [0, 0.05) is 50.1 Å². The van der Waals surface area contributed by atoms with Crippen LogP contribution in [0.3, 0.4) is 0 Å². The second kappa shape index (κ2) is 12.0. The zero-order valence-electron chi connectivity index (χ0n) is 24.1. The summed E-state index contributed by atoms with van der Waals surface area (Å²) in [6.45, 7) is 7.79. The number of nitrogens with zero attached hydrogens (tertiary/aromatic N) is 3. The summed E-state index contributed by atoms with van der Waals surface area (Å²) < 4.78 is 11.6. The molecule has 3 aliphatic rings. The Morgan fingerprint density at radius 1 is 0.878 bits per heavy atom. The number of rotatable bonds is 5. The highest BCUT2D eigenvalue weighted by molar-refractivity contribution is 5.99. The first-order valence-electron chi connectivity index (χ1n) is 14.6. The van der Waals surface area contributed by atoms with Crippen molar-refractivity contribution in [2.75, 3.05) is 39.4 Å². The van der Waals surface area contributed by atoms with Gasteiger partial charge in [-0.15, -0.1) is 0 Å². The zero-order chi connectivity index (χ0) is 29.1. The van der Waals surface area contributed by atoms with E-state index in [1.165, 1.54) is 0 Å². The van der Waals surface area contributed by atoms with E-state index in [1.54, 1.807) is 33.8 Å². The van der Waals surface area contributed by atoms with E-state index in [1.807, 2.05) is 50.2 Å². The van der Waals surface area contributed by atoms with Crippen molar-refractivity contribution < 1.29 is 28.7 Å². The molecule has 3 heterocycles. The molecule has 0 radical (unpaired) electrons. The quantitative estimate of drug-likeness (QED) is 0.518. The number of ether oxygens (including phenoxy) is 2. The van der Waals surface area contributed by atoms with Crippen LogP contribution in [-0.2, 0) is 19.1 Å². The first-order valence-corrected chi connectivity index (χ1v) is 14.6. The number of likely N-dealkylation sites (tertiary alicyclic amines) is 2. The average molecular weight is 562 g/mol. The lowest BCUT2D eigenvalue weighted by atomic mass is 9.94. The molecule has 2 aromatic carbocycles. The van der Waals surface area contributed by atoms with Crippen LogP contribution in [0.15, 0.2) is 48.5 Å². The maximum atomic E-state index is 14.1. The molecule has 1 unspecified atom stereocenters. The summed E-state index contributed by atoms with van der Waals surface area (Å²) in [4.78, 5) is 58.7. The number of benzene rings is 2. The van der Waals surface area contributed by atoms with Gasteiger partial charge < -0.3 is 19.3 Å². The van der Waals surface area contributed by atoms with Crippen molar-refractivity contribution in [3.63, 3.8) is 0 Å². The highest BCUT2D eigenvalue weighted by atomic mass is 16.5. The fraction of sp³-hybridized carbons (Fsp3) is 0.500. The molecule has 41 heavy (non-hydrogen) atoms. The standard InChI is InChI=1S/C32H39N3O6/c1-4-40-31(39)25-13-17-33(18-14-25)30(38)27-21-41-32(35(27)28(36)24-11-9-22(2)10-12-24)15-19-34(20-16-32)29(37)26-8-6-5-7-23(26)3/h5-12,25,27H,4,13-21H2,1-3H3. The topological polar surface area (TPSA) is 96.5 Å². The molecule has 0 bridgehead atoms. The molecule has 0 saturated carbocycles. The lowest BCUT2D eigenvalue weighted by molar-refractivity contribution is -0.152. The first kappa shape index (κ1) is 28.8. The van der Waals surface area contributed by atoms with Crippen molar-refractivity contribution in [2.24, 2.45) is 5.92 Å². The van der Waals surface area contributed by atoms with Gasteiger partial charge in [-0.1, -0.05) is 35.9 Å². The predicted molar refractivity (Wildman–Crippen MR) is 152 cm³/mol. The molecule has 0 N–H and O–H groups in total. The Balaban J connectivity index is 1.35. The fourth-order valence-corrected chi connectivity index (χ4v) is 6.24. The van der Waals surface area contributed by atoms with E-state index in [0.717, 1.165) is 11.1 Å². The number of carbonyl (C=O) groups excluding carboxylic acids is 4. The Bertz CT molecular complexity index is 1290. The summed E-state index contributed by atoms with van der Waals surface area (Å²) in [5.74, 6) is -0.884. The predicted octanol–water partition coefficient (Wildman–Crippen LogP) is 3.58. The second-order valence-corrected chi connectivity index (χ2v) is 11.3. The molecule has 9 heteroatoms. The lowest BCUT2D eigenvalue weighted by Gasteiger charge is -2.45. The third-order valence-electron chi connectivity index (χ3n) is 8.70. The van der Waals surface area contributed by atoms with Gasteiger partial charge in [-0.2, -0.15) is 0 Å². The van der Waals surface area contributed by atoms with E-state index in [4.69, 9.17) is 9.47 Å². The third-order valence-corrected chi connectivity index (χ3v) is 8.70. The van der Waals surface area contributed by atoms with Crippen LogP contribution < -0.4 is 0 Å². The van der Waals surface area contributed by atoms with Crippen LogP contribution in [0.25, 0.3) is 0 Å². The minimum absolute atomic E-state index is 0.0375. The Labute approximate surface area is 241 Å². The van der Waals surface area contributed by atoms with Gasteiger partial charge in [0.25, 0.3) is 11.8 Å². The molecule has 218 valence electrons. The van der Waals surface area contributed by atoms with E-state index in [-0.39, 0.29) is 36.2 Å². The van der Waals surface area contributed by atoms with Gasteiger partial charge in [-0.25, -0.2) is 0 Å². The van der Waals surface area contributed by atoms with Crippen molar-refractivity contribution in [1.82, 2.24) is 14.7 Å². The maximum absolute atomic E-state index is 14.1. The van der Waals surface area contributed by atoms with Crippen LogP contribution in [-0.4, -0.2) is 89.6 Å². The minimum atomic E-state index is -0.978. The SMILES string of the molecule is CCOC(=O)C1CCN(C(=O)C2COC3(CCN(C(=O)c4ccccc4C)CC3)N2C(=O)c2ccc(C)cc2)CC1. The lowest BCUT2D eigenvalue weighted by Crippen LogP contribution is -2.60. The molecule has 0 aromatic heterocycles. The van der Waals surface area contributed by atoms with Crippen LogP contribution >= 0.6 is 0 Å². The zero-order valence-corrected chi connectivity index (χ0v) is 24.1. The number of amides is 3.